The Kier molecular flexibility index (Phi) is 1.29. The van der Waals surface area contributed by atoms with E-state index in [1.807, 2.05) is 6.92 Å². The molecule has 7 heavy (non-hydrogen) atoms. The average Bonchev–Trinajstić information content (AvgIpc) is 1.61. The van der Waals surface area contributed by atoms with Gasteiger partial charge in [-0.2, -0.15) is 0 Å². The molecule has 0 heterocycles. The minimum Gasteiger partial charge on any atom is -0.119 e. The molecule has 0 aromatic carbocycles. The maximum atomic E-state index is 5.94. The fourth-order valence-electron chi connectivity index (χ4n) is 0.803. The quantitative estimate of drug-likeness (QED) is 0.463. The molecule has 1 heteroatoms. The zero-order chi connectivity index (χ0) is 5.33. The molecule has 0 aromatic rings. The second-order valence-corrected chi connectivity index (χ2v) is 2.93. The van der Waals surface area contributed by atoms with Crippen molar-refractivity contribution in [2.24, 2.45) is 0 Å². The van der Waals surface area contributed by atoms with Gasteiger partial charge in [0.2, 0.25) is 0 Å². The van der Waals surface area contributed by atoms with E-state index in [-0.39, 0.29) is 4.87 Å². The summed E-state index contributed by atoms with van der Waals surface area (Å²) in [6.07, 6.45) is 5.78. The summed E-state index contributed by atoms with van der Waals surface area (Å²) in [5.41, 5.74) is 0. The second kappa shape index (κ2) is 1.66. The molecular formula is C6H10Cl. The van der Waals surface area contributed by atoms with Crippen LogP contribution in [0.25, 0.3) is 0 Å². The summed E-state index contributed by atoms with van der Waals surface area (Å²) >= 11 is 5.94. The lowest BCUT2D eigenvalue weighted by Crippen LogP contribution is -2.29. The van der Waals surface area contributed by atoms with Crippen molar-refractivity contribution in [1.82, 2.24) is 0 Å². The first kappa shape index (κ1) is 5.43. The standard InChI is InChI=1S/C6H10Cl/c1-2-6(7)4-3-5-6/h2H,3-5H2,1H3. The summed E-state index contributed by atoms with van der Waals surface area (Å²) in [7, 11) is 0. The maximum absolute atomic E-state index is 5.94. The van der Waals surface area contributed by atoms with Crippen LogP contribution in [0.3, 0.4) is 0 Å². The molecule has 0 bridgehead atoms. The van der Waals surface area contributed by atoms with E-state index in [2.05, 4.69) is 6.42 Å². The van der Waals surface area contributed by atoms with E-state index in [1.54, 1.807) is 0 Å². The average molecular weight is 118 g/mol. The molecule has 0 aromatic heterocycles. The van der Waals surface area contributed by atoms with Gasteiger partial charge in [0, 0.05) is 4.87 Å². The highest BCUT2D eigenvalue weighted by Crippen LogP contribution is 2.39. The lowest BCUT2D eigenvalue weighted by molar-refractivity contribution is 0.398. The molecule has 0 amide bonds. The maximum Gasteiger partial charge on any atom is 0.0475 e. The number of hydrogen-bond donors (Lipinski definition) is 0. The normalized spacial score (nSPS) is 26.6. The molecular weight excluding hydrogens is 108 g/mol. The van der Waals surface area contributed by atoms with Gasteiger partial charge in [0.1, 0.15) is 0 Å². The van der Waals surface area contributed by atoms with Crippen LogP contribution in [0.2, 0.25) is 0 Å². The van der Waals surface area contributed by atoms with Crippen LogP contribution < -0.4 is 0 Å². The fraction of sp³-hybridized carbons (Fsp3) is 0.833. The van der Waals surface area contributed by atoms with E-state index < -0.39 is 0 Å². The van der Waals surface area contributed by atoms with Crippen LogP contribution in [0, 0.1) is 6.42 Å². The van der Waals surface area contributed by atoms with Gasteiger partial charge in [-0.05, 0) is 25.7 Å². The van der Waals surface area contributed by atoms with E-state index in [9.17, 15) is 0 Å². The van der Waals surface area contributed by atoms with Crippen molar-refractivity contribution in [2.45, 2.75) is 31.1 Å². The summed E-state index contributed by atoms with van der Waals surface area (Å²) in [5.74, 6) is 0. The van der Waals surface area contributed by atoms with Crippen molar-refractivity contribution in [1.29, 1.82) is 0 Å². The molecule has 0 unspecified atom stereocenters. The Labute approximate surface area is 49.9 Å². The SMILES string of the molecule is C[CH]C1(Cl)CCC1. The summed E-state index contributed by atoms with van der Waals surface area (Å²) in [5, 5.41) is 0. The van der Waals surface area contributed by atoms with E-state index in [1.165, 1.54) is 19.3 Å². The summed E-state index contributed by atoms with van der Waals surface area (Å²) < 4.78 is 0. The molecule has 1 aliphatic rings. The first-order valence-corrected chi connectivity index (χ1v) is 3.14. The van der Waals surface area contributed by atoms with Crippen LogP contribution in [-0.4, -0.2) is 4.87 Å². The molecule has 0 N–H and O–H groups in total. The third-order valence-corrected chi connectivity index (χ3v) is 2.30. The Balaban J connectivity index is 2.29. The zero-order valence-electron chi connectivity index (χ0n) is 4.58. The van der Waals surface area contributed by atoms with Gasteiger partial charge in [0.05, 0.1) is 0 Å². The molecule has 1 fully saturated rings. The van der Waals surface area contributed by atoms with Crippen molar-refractivity contribution in [3.05, 3.63) is 6.42 Å². The third-order valence-electron chi connectivity index (χ3n) is 1.70. The summed E-state index contributed by atoms with van der Waals surface area (Å²) in [6.45, 7) is 2.03. The van der Waals surface area contributed by atoms with Crippen molar-refractivity contribution in [2.75, 3.05) is 0 Å². The van der Waals surface area contributed by atoms with Gasteiger partial charge in [-0.25, -0.2) is 0 Å². The van der Waals surface area contributed by atoms with Crippen molar-refractivity contribution in [3.8, 4) is 0 Å². The highest BCUT2D eigenvalue weighted by Gasteiger charge is 2.32. The molecule has 0 saturated heterocycles. The monoisotopic (exact) mass is 117 g/mol. The van der Waals surface area contributed by atoms with Crippen molar-refractivity contribution in [3.63, 3.8) is 0 Å². The van der Waals surface area contributed by atoms with Gasteiger partial charge in [-0.3, -0.25) is 0 Å². The van der Waals surface area contributed by atoms with Gasteiger partial charge >= 0.3 is 0 Å². The van der Waals surface area contributed by atoms with Crippen LogP contribution in [0.1, 0.15) is 26.2 Å². The Morgan fingerprint density at radius 2 is 2.14 bits per heavy atom. The largest absolute Gasteiger partial charge is 0.119 e. The van der Waals surface area contributed by atoms with Gasteiger partial charge in [-0.1, -0.05) is 6.92 Å². The predicted molar refractivity (Wildman–Crippen MR) is 32.4 cm³/mol. The van der Waals surface area contributed by atoms with Crippen LogP contribution in [0.4, 0.5) is 0 Å². The number of alkyl halides is 1. The Morgan fingerprint density at radius 1 is 1.57 bits per heavy atom. The Morgan fingerprint density at radius 3 is 2.14 bits per heavy atom. The smallest absolute Gasteiger partial charge is 0.0475 e. The lowest BCUT2D eigenvalue weighted by atomic mass is 9.82. The van der Waals surface area contributed by atoms with Crippen LogP contribution in [0.5, 0.6) is 0 Å². The Bertz CT molecular complexity index is 59.1. The molecule has 0 atom stereocenters. The minimum absolute atomic E-state index is 0.111. The van der Waals surface area contributed by atoms with Gasteiger partial charge in [-0.15, -0.1) is 11.6 Å². The van der Waals surface area contributed by atoms with E-state index in [0.29, 0.717) is 0 Å². The zero-order valence-corrected chi connectivity index (χ0v) is 5.33. The molecule has 1 aliphatic carbocycles. The summed E-state index contributed by atoms with van der Waals surface area (Å²) in [4.78, 5) is 0.111. The van der Waals surface area contributed by atoms with E-state index >= 15 is 0 Å². The molecule has 1 radical (unpaired) electrons. The van der Waals surface area contributed by atoms with Crippen molar-refractivity contribution >= 4 is 11.6 Å². The lowest BCUT2D eigenvalue weighted by Gasteiger charge is -2.34. The van der Waals surface area contributed by atoms with Crippen LogP contribution >= 0.6 is 11.6 Å². The van der Waals surface area contributed by atoms with Crippen molar-refractivity contribution < 1.29 is 0 Å². The Hall–Kier alpha value is 0.290. The molecule has 1 saturated carbocycles. The predicted octanol–water partition coefficient (Wildman–Crippen LogP) is 2.37. The van der Waals surface area contributed by atoms with Crippen LogP contribution in [-0.2, 0) is 0 Å². The summed E-state index contributed by atoms with van der Waals surface area (Å²) in [6, 6.07) is 0. The molecule has 0 nitrogen and oxygen atoms in total. The highest BCUT2D eigenvalue weighted by molar-refractivity contribution is 6.25. The highest BCUT2D eigenvalue weighted by atomic mass is 35.5. The first-order chi connectivity index (χ1) is 3.27. The van der Waals surface area contributed by atoms with E-state index in [0.717, 1.165) is 0 Å². The topological polar surface area (TPSA) is 0 Å². The minimum atomic E-state index is 0.111. The number of rotatable bonds is 1. The van der Waals surface area contributed by atoms with Gasteiger partial charge in [0.15, 0.2) is 0 Å². The van der Waals surface area contributed by atoms with Crippen LogP contribution in [0.15, 0.2) is 0 Å². The molecule has 0 spiro atoms. The molecule has 0 aliphatic heterocycles. The van der Waals surface area contributed by atoms with Gasteiger partial charge in [0.25, 0.3) is 0 Å². The van der Waals surface area contributed by atoms with E-state index in [4.69, 9.17) is 11.6 Å². The first-order valence-electron chi connectivity index (χ1n) is 2.76. The number of halogens is 1. The van der Waals surface area contributed by atoms with Gasteiger partial charge < -0.3 is 0 Å². The second-order valence-electron chi connectivity index (χ2n) is 2.18. The molecule has 1 rings (SSSR count). The molecule has 41 valence electrons. The third kappa shape index (κ3) is 0.908. The fourth-order valence-corrected chi connectivity index (χ4v) is 1.07. The number of hydrogen-bond acceptors (Lipinski definition) is 0.